The predicted molar refractivity (Wildman–Crippen MR) is 104 cm³/mol. The van der Waals surface area contributed by atoms with Crippen LogP contribution < -0.4 is 10.1 Å². The van der Waals surface area contributed by atoms with Crippen LogP contribution >= 0.6 is 0 Å². The molecule has 2 amide bonds. The molecule has 0 saturated carbocycles. The van der Waals surface area contributed by atoms with Crippen LogP contribution in [0.2, 0.25) is 0 Å². The van der Waals surface area contributed by atoms with E-state index in [9.17, 15) is 14.0 Å². The number of ether oxygens (including phenoxy) is 2. The van der Waals surface area contributed by atoms with Gasteiger partial charge in [-0.1, -0.05) is 12.1 Å². The van der Waals surface area contributed by atoms with Gasteiger partial charge in [-0.3, -0.25) is 9.69 Å². The van der Waals surface area contributed by atoms with Gasteiger partial charge in [0.2, 0.25) is 0 Å². The van der Waals surface area contributed by atoms with E-state index in [4.69, 9.17) is 9.47 Å². The number of piperazine rings is 1. The van der Waals surface area contributed by atoms with E-state index >= 15 is 0 Å². The Balaban J connectivity index is 1.56. The first-order valence-corrected chi connectivity index (χ1v) is 9.59. The van der Waals surface area contributed by atoms with E-state index in [2.05, 4.69) is 10.2 Å². The molecule has 0 aromatic heterocycles. The van der Waals surface area contributed by atoms with E-state index in [1.165, 1.54) is 12.1 Å². The molecule has 28 heavy (non-hydrogen) atoms. The molecule has 1 aromatic rings. The summed E-state index contributed by atoms with van der Waals surface area (Å²) in [5.74, 6) is -0.695. The van der Waals surface area contributed by atoms with E-state index in [0.29, 0.717) is 19.6 Å². The second kappa shape index (κ2) is 10.3. The van der Waals surface area contributed by atoms with Crippen LogP contribution in [0.4, 0.5) is 9.18 Å². The second-order valence-corrected chi connectivity index (χ2v) is 7.73. The zero-order valence-electron chi connectivity index (χ0n) is 16.9. The first-order chi connectivity index (χ1) is 13.2. The van der Waals surface area contributed by atoms with E-state index in [0.717, 1.165) is 26.1 Å². The number of rotatable bonds is 7. The summed E-state index contributed by atoms with van der Waals surface area (Å²) in [6.45, 7) is 9.55. The van der Waals surface area contributed by atoms with Gasteiger partial charge in [0.25, 0.3) is 5.91 Å². The fraction of sp³-hybridized carbons (Fsp3) is 0.600. The number of amides is 2. The number of carbonyl (C=O) groups excluding carboxylic acids is 2. The third kappa shape index (κ3) is 7.72. The average molecular weight is 395 g/mol. The van der Waals surface area contributed by atoms with E-state index < -0.39 is 11.4 Å². The predicted octanol–water partition coefficient (Wildman–Crippen LogP) is 2.26. The fourth-order valence-corrected chi connectivity index (χ4v) is 2.77. The highest BCUT2D eigenvalue weighted by Crippen LogP contribution is 2.15. The lowest BCUT2D eigenvalue weighted by Crippen LogP contribution is -2.50. The molecule has 7 nitrogen and oxygen atoms in total. The summed E-state index contributed by atoms with van der Waals surface area (Å²) in [6, 6.07) is 5.99. The van der Waals surface area contributed by atoms with Crippen molar-refractivity contribution >= 4 is 12.0 Å². The summed E-state index contributed by atoms with van der Waals surface area (Å²) < 4.78 is 24.0. The van der Waals surface area contributed by atoms with E-state index in [1.807, 2.05) is 20.8 Å². The molecule has 1 saturated heterocycles. The van der Waals surface area contributed by atoms with Crippen LogP contribution in [0.1, 0.15) is 27.2 Å². The lowest BCUT2D eigenvalue weighted by molar-refractivity contribution is -0.123. The van der Waals surface area contributed by atoms with Gasteiger partial charge in [0, 0.05) is 32.7 Å². The van der Waals surface area contributed by atoms with Gasteiger partial charge in [-0.2, -0.15) is 0 Å². The van der Waals surface area contributed by atoms with Gasteiger partial charge in [0.15, 0.2) is 18.2 Å². The van der Waals surface area contributed by atoms with Crippen LogP contribution in [0.3, 0.4) is 0 Å². The van der Waals surface area contributed by atoms with Crippen molar-refractivity contribution < 1.29 is 23.5 Å². The van der Waals surface area contributed by atoms with Gasteiger partial charge in [-0.25, -0.2) is 9.18 Å². The Morgan fingerprint density at radius 3 is 2.46 bits per heavy atom. The molecule has 0 radical (unpaired) electrons. The lowest BCUT2D eigenvalue weighted by atomic mass is 10.2. The van der Waals surface area contributed by atoms with Crippen molar-refractivity contribution in [1.82, 2.24) is 15.1 Å². The summed E-state index contributed by atoms with van der Waals surface area (Å²) in [6.07, 6.45) is 0.520. The van der Waals surface area contributed by atoms with Crippen LogP contribution in [0.25, 0.3) is 0 Å². The number of para-hydroxylation sites is 1. The Morgan fingerprint density at radius 2 is 1.82 bits per heavy atom. The minimum atomic E-state index is -0.485. The number of nitrogens with zero attached hydrogens (tertiary/aromatic N) is 2. The van der Waals surface area contributed by atoms with Crippen molar-refractivity contribution in [1.29, 1.82) is 0 Å². The maximum atomic E-state index is 13.4. The van der Waals surface area contributed by atoms with Crippen LogP contribution in [0.5, 0.6) is 5.75 Å². The van der Waals surface area contributed by atoms with Gasteiger partial charge in [0.1, 0.15) is 5.60 Å². The van der Waals surface area contributed by atoms with Crippen LogP contribution in [0, 0.1) is 5.82 Å². The van der Waals surface area contributed by atoms with Gasteiger partial charge in [0.05, 0.1) is 0 Å². The Labute approximate surface area is 165 Å². The Bertz CT molecular complexity index is 655. The van der Waals surface area contributed by atoms with Crippen molar-refractivity contribution in [3.63, 3.8) is 0 Å². The molecule has 0 aliphatic carbocycles. The van der Waals surface area contributed by atoms with Crippen molar-refractivity contribution in [2.24, 2.45) is 0 Å². The Hall–Kier alpha value is -2.35. The van der Waals surface area contributed by atoms with E-state index in [-0.39, 0.29) is 24.4 Å². The molecule has 1 aliphatic heterocycles. The summed E-state index contributed by atoms with van der Waals surface area (Å²) in [5.41, 5.74) is -0.484. The van der Waals surface area contributed by atoms with Crippen molar-refractivity contribution in [3.8, 4) is 5.75 Å². The van der Waals surface area contributed by atoms with Crippen molar-refractivity contribution in [3.05, 3.63) is 30.1 Å². The first kappa shape index (κ1) is 21.9. The van der Waals surface area contributed by atoms with Crippen LogP contribution in [-0.2, 0) is 9.53 Å². The molecular weight excluding hydrogens is 365 g/mol. The number of hydrogen-bond acceptors (Lipinski definition) is 5. The van der Waals surface area contributed by atoms with Gasteiger partial charge < -0.3 is 19.7 Å². The number of carbonyl (C=O) groups is 2. The summed E-state index contributed by atoms with van der Waals surface area (Å²) in [4.78, 5) is 27.8. The molecule has 1 aliphatic rings. The van der Waals surface area contributed by atoms with Crippen molar-refractivity contribution in [2.45, 2.75) is 32.8 Å². The smallest absolute Gasteiger partial charge is 0.410 e. The molecule has 156 valence electrons. The molecular formula is C20H30FN3O4. The highest BCUT2D eigenvalue weighted by atomic mass is 19.1. The third-order valence-electron chi connectivity index (χ3n) is 4.19. The molecule has 1 aromatic carbocycles. The molecule has 1 N–H and O–H groups in total. The summed E-state index contributed by atoms with van der Waals surface area (Å²) >= 11 is 0. The van der Waals surface area contributed by atoms with Gasteiger partial charge in [-0.05, 0) is 45.9 Å². The van der Waals surface area contributed by atoms with Crippen LogP contribution in [-0.4, -0.2) is 73.3 Å². The van der Waals surface area contributed by atoms with Gasteiger partial charge >= 0.3 is 6.09 Å². The quantitative estimate of drug-likeness (QED) is 0.717. The third-order valence-corrected chi connectivity index (χ3v) is 4.19. The molecule has 0 atom stereocenters. The normalized spacial score (nSPS) is 15.2. The number of halogens is 1. The summed E-state index contributed by atoms with van der Waals surface area (Å²) in [5, 5.41) is 2.77. The minimum Gasteiger partial charge on any atom is -0.481 e. The maximum Gasteiger partial charge on any atom is 0.410 e. The Morgan fingerprint density at radius 1 is 1.14 bits per heavy atom. The number of hydrogen-bond donors (Lipinski definition) is 1. The zero-order valence-corrected chi connectivity index (χ0v) is 16.9. The molecule has 0 unspecified atom stereocenters. The summed E-state index contributed by atoms with van der Waals surface area (Å²) in [7, 11) is 0. The second-order valence-electron chi connectivity index (χ2n) is 7.73. The van der Waals surface area contributed by atoms with Crippen LogP contribution in [0.15, 0.2) is 24.3 Å². The molecule has 1 heterocycles. The number of benzene rings is 1. The molecule has 2 rings (SSSR count). The first-order valence-electron chi connectivity index (χ1n) is 9.59. The zero-order chi connectivity index (χ0) is 20.6. The highest BCUT2D eigenvalue weighted by molar-refractivity contribution is 5.77. The molecule has 0 bridgehead atoms. The largest absolute Gasteiger partial charge is 0.481 e. The average Bonchev–Trinajstić information content (AvgIpc) is 2.63. The minimum absolute atomic E-state index is 0.0699. The molecule has 1 fully saturated rings. The SMILES string of the molecule is CC(C)(C)OC(=O)N1CCN(CCCNC(=O)COc2ccccc2F)CC1. The molecule has 8 heteroatoms. The monoisotopic (exact) mass is 395 g/mol. The van der Waals surface area contributed by atoms with Crippen molar-refractivity contribution in [2.75, 3.05) is 45.9 Å². The van der Waals surface area contributed by atoms with Gasteiger partial charge in [-0.15, -0.1) is 0 Å². The van der Waals surface area contributed by atoms with E-state index in [1.54, 1.807) is 17.0 Å². The standard InChI is InChI=1S/C20H30FN3O4/c1-20(2,3)28-19(26)24-13-11-23(12-14-24)10-6-9-22-18(25)15-27-17-8-5-4-7-16(17)21/h4-5,7-8H,6,9-15H2,1-3H3,(H,22,25). The molecule has 0 spiro atoms. The fourth-order valence-electron chi connectivity index (χ4n) is 2.77. The topological polar surface area (TPSA) is 71.1 Å². The maximum absolute atomic E-state index is 13.4. The number of nitrogens with one attached hydrogen (secondary N) is 1. The highest BCUT2D eigenvalue weighted by Gasteiger charge is 2.25. The Kier molecular flexibility index (Phi) is 8.04. The lowest BCUT2D eigenvalue weighted by Gasteiger charge is -2.35.